The van der Waals surface area contributed by atoms with Crippen molar-refractivity contribution in [3.63, 3.8) is 0 Å². The first-order chi connectivity index (χ1) is 19.7. The molecule has 3 aromatic rings. The third kappa shape index (κ3) is 6.61. The molecular formula is C30H31I3N7O-. The van der Waals surface area contributed by atoms with Crippen molar-refractivity contribution in [3.8, 4) is 22.5 Å². The molecule has 2 aliphatic heterocycles. The number of nitrogen functional groups attached to an aromatic ring is 1. The van der Waals surface area contributed by atoms with Crippen LogP contribution in [-0.2, 0) is 9.97 Å². The Hall–Kier alpha value is -2.53. The fourth-order valence-electron chi connectivity index (χ4n) is 4.37. The summed E-state index contributed by atoms with van der Waals surface area (Å²) < 4.78 is 3.34. The first kappa shape index (κ1) is 29.9. The Kier molecular flexibility index (Phi) is 9.33. The van der Waals surface area contributed by atoms with E-state index in [9.17, 15) is 4.79 Å². The zero-order chi connectivity index (χ0) is 29.1. The number of nitrogens with zero attached hydrogens (tertiary/aromatic N) is 3. The summed E-state index contributed by atoms with van der Waals surface area (Å²) in [5.41, 5.74) is 12.8. The quantitative estimate of drug-likeness (QED) is 0.116. The van der Waals surface area contributed by atoms with Gasteiger partial charge in [-0.1, -0.05) is 0 Å². The van der Waals surface area contributed by atoms with E-state index in [0.29, 0.717) is 23.7 Å². The van der Waals surface area contributed by atoms with Crippen LogP contribution in [0.15, 0.2) is 73.3 Å². The van der Waals surface area contributed by atoms with Gasteiger partial charge in [-0.25, -0.2) is 0 Å². The minimum absolute atomic E-state index is 0.0116. The van der Waals surface area contributed by atoms with Crippen molar-refractivity contribution in [2.45, 2.75) is 23.8 Å². The summed E-state index contributed by atoms with van der Waals surface area (Å²) in [6.45, 7) is 4.96. The second kappa shape index (κ2) is 12.8. The molecule has 11 heteroatoms. The van der Waals surface area contributed by atoms with E-state index < -0.39 is 0 Å². The molecule has 0 aliphatic carbocycles. The van der Waals surface area contributed by atoms with Gasteiger partial charge in [0.1, 0.15) is 0 Å². The van der Waals surface area contributed by atoms with Crippen molar-refractivity contribution in [2.24, 2.45) is 0 Å². The first-order valence-corrected chi connectivity index (χ1v) is 20.2. The summed E-state index contributed by atoms with van der Waals surface area (Å²) >= 11 is 1.94. The summed E-state index contributed by atoms with van der Waals surface area (Å²) in [6, 6.07) is 18.1. The van der Waals surface area contributed by atoms with E-state index in [4.69, 9.17) is 10.7 Å². The van der Waals surface area contributed by atoms with Crippen LogP contribution in [0.1, 0.15) is 35.3 Å². The van der Waals surface area contributed by atoms with Gasteiger partial charge in [-0.2, -0.15) is 0 Å². The van der Waals surface area contributed by atoms with Crippen LogP contribution < -0.4 is 61.8 Å². The number of pyridine rings is 1. The molecule has 0 unspecified atom stereocenters. The third-order valence-corrected chi connectivity index (χ3v) is 12.7. The number of nitrogens with two attached hydrogens (primary N) is 1. The van der Waals surface area contributed by atoms with Crippen LogP contribution >= 0.6 is 22.6 Å². The third-order valence-electron chi connectivity index (χ3n) is 6.91. The van der Waals surface area contributed by atoms with Gasteiger partial charge in [0.2, 0.25) is 0 Å². The fourth-order valence-corrected chi connectivity index (χ4v) is 7.02. The van der Waals surface area contributed by atoms with Gasteiger partial charge in [0.25, 0.3) is 0 Å². The van der Waals surface area contributed by atoms with Gasteiger partial charge in [-0.3, -0.25) is 0 Å². The van der Waals surface area contributed by atoms with E-state index in [1.165, 1.54) is 0 Å². The zero-order valence-electron chi connectivity index (χ0n) is 23.1. The number of hydrogen-bond acceptors (Lipinski definition) is 5. The van der Waals surface area contributed by atoms with Gasteiger partial charge >= 0.3 is 277 Å². The maximum absolute atomic E-state index is 13.5. The summed E-state index contributed by atoms with van der Waals surface area (Å²) in [5, 5.41) is 6.46. The zero-order valence-corrected chi connectivity index (χ0v) is 29.6. The number of aromatic nitrogens is 4. The van der Waals surface area contributed by atoms with E-state index >= 15 is 0 Å². The van der Waals surface area contributed by atoms with Crippen LogP contribution in [0.5, 0.6) is 0 Å². The van der Waals surface area contributed by atoms with E-state index in [2.05, 4.69) is 100 Å². The minimum atomic E-state index is -0.218. The van der Waals surface area contributed by atoms with Crippen molar-refractivity contribution >= 4 is 45.8 Å². The number of alkyl halides is 3. The number of rotatable bonds is 9. The molecule has 1 amide bonds. The molecule has 5 rings (SSSR count). The molecule has 41 heavy (non-hydrogen) atoms. The summed E-state index contributed by atoms with van der Waals surface area (Å²) in [7, 11) is 0. The number of nitrogens with one attached hydrogen (secondary N) is 3. The number of halogens is 3. The SMILES string of the molecule is C[I-][n+]1cc(-c2ccc(CNc3ncc(C(C)(C)[I-]C)cc3C(=O)Nc3ccc(I)cc3)cc2)c2c(N)[nH]cnc1-2. The number of hydrogen-bond donors (Lipinski definition) is 4. The molecule has 2 aromatic carbocycles. The number of amides is 1. The number of H-pyrrole nitrogens is 1. The van der Waals surface area contributed by atoms with Gasteiger partial charge in [0.05, 0.1) is 0 Å². The van der Waals surface area contributed by atoms with Crippen molar-refractivity contribution in [1.82, 2.24) is 15.0 Å². The second-order valence-electron chi connectivity index (χ2n) is 9.83. The molecule has 0 bridgehead atoms. The molecule has 0 spiro atoms. The number of carbonyl (C=O) groups excluding carboxylic acids is 1. The predicted octanol–water partition coefficient (Wildman–Crippen LogP) is -0.649. The van der Waals surface area contributed by atoms with Crippen molar-refractivity contribution in [3.05, 3.63) is 93.6 Å². The Morgan fingerprint density at radius 1 is 1.10 bits per heavy atom. The Balaban J connectivity index is 1.39. The van der Waals surface area contributed by atoms with Crippen LogP contribution in [0.4, 0.5) is 17.3 Å². The van der Waals surface area contributed by atoms with E-state index in [-0.39, 0.29) is 52.0 Å². The van der Waals surface area contributed by atoms with Gasteiger partial charge in [-0.15, -0.1) is 0 Å². The number of carbonyl (C=O) groups is 1. The molecule has 0 saturated carbocycles. The van der Waals surface area contributed by atoms with E-state index in [0.717, 1.165) is 42.9 Å². The van der Waals surface area contributed by atoms with Crippen molar-refractivity contribution in [2.75, 3.05) is 26.2 Å². The first-order valence-electron chi connectivity index (χ1n) is 12.8. The Bertz CT molecular complexity index is 1650. The maximum atomic E-state index is 13.5. The molecule has 3 heterocycles. The molecule has 214 valence electrons. The van der Waals surface area contributed by atoms with Crippen molar-refractivity contribution < 1.29 is 50.3 Å². The Labute approximate surface area is 274 Å². The molecule has 1 aromatic heterocycles. The van der Waals surface area contributed by atoms with Crippen LogP contribution in [-0.4, -0.2) is 30.7 Å². The molecule has 0 atom stereocenters. The standard InChI is InChI=1S/C30H31I3N7O/c1-30(2,32-3)20-13-23(29(41)39-22-11-9-21(31)10-12-22)27(36-15-20)35-14-18-5-7-19(8-6-18)24-16-40(33-4)28-25(24)26(34)37-17-38-28/h5-13,15-17H,14,34H2,1-4H3,(H,35,36)(H,37,38)(H,39,41)/q-1. The molecule has 0 fully saturated rings. The molecule has 0 saturated heterocycles. The number of aromatic amines is 1. The van der Waals surface area contributed by atoms with Crippen LogP contribution in [0, 0.1) is 3.57 Å². The molecule has 0 radical (unpaired) electrons. The fraction of sp³-hybridized carbons (Fsp3) is 0.200. The Morgan fingerprint density at radius 2 is 1.83 bits per heavy atom. The molecule has 2 aliphatic rings. The monoisotopic (exact) mass is 886 g/mol. The number of fused-ring (bicyclic) bond motifs is 1. The van der Waals surface area contributed by atoms with Crippen LogP contribution in [0.2, 0.25) is 0 Å². The topological polar surface area (TPSA) is 113 Å². The molecule has 5 N–H and O–H groups in total. The normalized spacial score (nSPS) is 11.7. The second-order valence-corrected chi connectivity index (χ2v) is 16.9. The predicted molar refractivity (Wildman–Crippen MR) is 164 cm³/mol. The van der Waals surface area contributed by atoms with Gasteiger partial charge in [0, 0.05) is 0 Å². The van der Waals surface area contributed by atoms with Crippen molar-refractivity contribution in [1.29, 1.82) is 0 Å². The van der Waals surface area contributed by atoms with Gasteiger partial charge < -0.3 is 0 Å². The molecular weight excluding hydrogens is 855 g/mol. The van der Waals surface area contributed by atoms with Crippen LogP contribution in [0.3, 0.4) is 0 Å². The Morgan fingerprint density at radius 3 is 2.51 bits per heavy atom. The number of benzene rings is 2. The van der Waals surface area contributed by atoms with E-state index in [1.54, 1.807) is 6.33 Å². The summed E-state index contributed by atoms with van der Waals surface area (Å²) in [4.78, 5) is 30.2. The summed E-state index contributed by atoms with van der Waals surface area (Å²) in [5.74, 6) is 1.92. The average molecular weight is 886 g/mol. The van der Waals surface area contributed by atoms with E-state index in [1.807, 2.05) is 36.5 Å². The molecule has 8 nitrogen and oxygen atoms in total. The average Bonchev–Trinajstić information content (AvgIpc) is 3.37. The van der Waals surface area contributed by atoms with Crippen LogP contribution in [0.25, 0.3) is 22.5 Å². The number of anilines is 3. The van der Waals surface area contributed by atoms with Gasteiger partial charge in [0.15, 0.2) is 0 Å². The van der Waals surface area contributed by atoms with Gasteiger partial charge in [-0.05, 0) is 0 Å². The summed E-state index contributed by atoms with van der Waals surface area (Å²) in [6.07, 6.45) is 5.69.